The minimum atomic E-state index is -1.12. The van der Waals surface area contributed by atoms with Crippen LogP contribution in [0.3, 0.4) is 0 Å². The number of rotatable bonds is 3. The minimum Gasteiger partial charge on any atom is -0.480 e. The molecular weight excluding hydrogens is 239 g/mol. The number of fused-ring (bicyclic) bond motifs is 1. The van der Waals surface area contributed by atoms with Crippen molar-refractivity contribution < 1.29 is 19.1 Å². The predicted molar refractivity (Wildman–Crippen MR) is 63.0 cm³/mol. The maximum Gasteiger partial charge on any atom is 0.322 e. The highest BCUT2D eigenvalue weighted by Crippen LogP contribution is 2.20. The topological polar surface area (TPSA) is 82.2 Å². The number of aryl methyl sites for hydroxylation is 1. The zero-order valence-electron chi connectivity index (χ0n) is 9.58. The van der Waals surface area contributed by atoms with Gasteiger partial charge in [-0.15, -0.1) is 0 Å². The van der Waals surface area contributed by atoms with E-state index < -0.39 is 18.4 Å². The summed E-state index contributed by atoms with van der Waals surface area (Å²) in [6.07, 6.45) is 0. The second kappa shape index (κ2) is 4.48. The van der Waals surface area contributed by atoms with Crippen LogP contribution < -0.4 is 5.32 Å². The van der Waals surface area contributed by atoms with Gasteiger partial charge in [0.25, 0.3) is 5.91 Å². The van der Waals surface area contributed by atoms with Crippen molar-refractivity contribution in [1.82, 2.24) is 10.3 Å². The van der Waals surface area contributed by atoms with Crippen LogP contribution in [0.1, 0.15) is 16.1 Å². The molecule has 94 valence electrons. The number of amides is 1. The summed E-state index contributed by atoms with van der Waals surface area (Å²) >= 11 is 0. The molecule has 1 aromatic heterocycles. The lowest BCUT2D eigenvalue weighted by Gasteiger charge is -1.98. The molecule has 1 amide bonds. The summed E-state index contributed by atoms with van der Waals surface area (Å²) in [6, 6.07) is 4.23. The van der Waals surface area contributed by atoms with E-state index in [9.17, 15) is 14.0 Å². The third-order valence-corrected chi connectivity index (χ3v) is 2.55. The number of hydrogen-bond donors (Lipinski definition) is 3. The molecule has 1 heterocycles. The largest absolute Gasteiger partial charge is 0.480 e. The molecule has 0 spiro atoms. The highest BCUT2D eigenvalue weighted by atomic mass is 19.1. The zero-order chi connectivity index (χ0) is 13.3. The van der Waals surface area contributed by atoms with E-state index in [2.05, 4.69) is 10.3 Å². The van der Waals surface area contributed by atoms with Crippen molar-refractivity contribution in [3.8, 4) is 0 Å². The summed E-state index contributed by atoms with van der Waals surface area (Å²) in [5.74, 6) is -2.05. The molecule has 0 saturated carbocycles. The van der Waals surface area contributed by atoms with Gasteiger partial charge < -0.3 is 15.4 Å². The van der Waals surface area contributed by atoms with Crippen LogP contribution in [0, 0.1) is 12.7 Å². The van der Waals surface area contributed by atoms with Crippen LogP contribution in [0.2, 0.25) is 0 Å². The van der Waals surface area contributed by atoms with E-state index in [0.717, 1.165) is 5.39 Å². The number of halogens is 1. The second-order valence-electron chi connectivity index (χ2n) is 3.94. The fourth-order valence-electron chi connectivity index (χ4n) is 1.75. The van der Waals surface area contributed by atoms with Crippen molar-refractivity contribution in [1.29, 1.82) is 0 Å². The highest BCUT2D eigenvalue weighted by Gasteiger charge is 2.12. The van der Waals surface area contributed by atoms with E-state index >= 15 is 0 Å². The first-order valence-electron chi connectivity index (χ1n) is 5.26. The summed E-state index contributed by atoms with van der Waals surface area (Å²) in [5.41, 5.74) is 1.42. The number of nitrogens with one attached hydrogen (secondary N) is 2. The van der Waals surface area contributed by atoms with Gasteiger partial charge in [-0.05, 0) is 30.7 Å². The smallest absolute Gasteiger partial charge is 0.322 e. The lowest BCUT2D eigenvalue weighted by Crippen LogP contribution is -2.29. The number of aromatic amines is 1. The van der Waals surface area contributed by atoms with Crippen LogP contribution in [-0.4, -0.2) is 28.5 Å². The van der Waals surface area contributed by atoms with Crippen LogP contribution in [0.5, 0.6) is 0 Å². The molecule has 0 atom stereocenters. The van der Waals surface area contributed by atoms with Gasteiger partial charge in [0.2, 0.25) is 0 Å². The average Bonchev–Trinajstić information content (AvgIpc) is 2.69. The van der Waals surface area contributed by atoms with Gasteiger partial charge >= 0.3 is 5.97 Å². The Kier molecular flexibility index (Phi) is 3.01. The van der Waals surface area contributed by atoms with Gasteiger partial charge in [0.15, 0.2) is 0 Å². The van der Waals surface area contributed by atoms with E-state index in [1.807, 2.05) is 0 Å². The number of carbonyl (C=O) groups is 2. The molecule has 0 unspecified atom stereocenters. The molecule has 0 radical (unpaired) electrons. The summed E-state index contributed by atoms with van der Waals surface area (Å²) in [6.45, 7) is 1.28. The van der Waals surface area contributed by atoms with Crippen molar-refractivity contribution in [2.45, 2.75) is 6.92 Å². The standard InChI is InChI=1S/C12H11FN2O3/c1-6-2-7(13)3-9-8(6)4-10(15-9)12(18)14-5-11(16)17/h2-4,15H,5H2,1H3,(H,14,18)(H,16,17). The maximum absolute atomic E-state index is 13.2. The number of aromatic nitrogens is 1. The molecular formula is C12H11FN2O3. The monoisotopic (exact) mass is 250 g/mol. The Hall–Kier alpha value is -2.37. The van der Waals surface area contributed by atoms with Gasteiger partial charge in [0, 0.05) is 10.9 Å². The molecule has 0 bridgehead atoms. The maximum atomic E-state index is 13.2. The molecule has 0 saturated heterocycles. The first-order chi connectivity index (χ1) is 8.47. The summed E-state index contributed by atoms with van der Waals surface area (Å²) < 4.78 is 13.2. The van der Waals surface area contributed by atoms with Gasteiger partial charge in [-0.2, -0.15) is 0 Å². The normalized spacial score (nSPS) is 10.6. The summed E-state index contributed by atoms with van der Waals surface area (Å²) in [7, 11) is 0. The summed E-state index contributed by atoms with van der Waals surface area (Å²) in [5, 5.41) is 11.4. The average molecular weight is 250 g/mol. The Bertz CT molecular complexity index is 634. The molecule has 2 rings (SSSR count). The molecule has 0 aliphatic carbocycles. The Balaban J connectivity index is 2.32. The van der Waals surface area contributed by atoms with E-state index in [1.54, 1.807) is 13.0 Å². The molecule has 0 aliphatic heterocycles. The van der Waals surface area contributed by atoms with Crippen LogP contribution >= 0.6 is 0 Å². The van der Waals surface area contributed by atoms with E-state index in [4.69, 9.17) is 5.11 Å². The van der Waals surface area contributed by atoms with E-state index in [1.165, 1.54) is 12.1 Å². The fourth-order valence-corrected chi connectivity index (χ4v) is 1.75. The van der Waals surface area contributed by atoms with Gasteiger partial charge in [-0.1, -0.05) is 0 Å². The lowest BCUT2D eigenvalue weighted by molar-refractivity contribution is -0.135. The van der Waals surface area contributed by atoms with Crippen LogP contribution in [0.15, 0.2) is 18.2 Å². The fraction of sp³-hybridized carbons (Fsp3) is 0.167. The Morgan fingerprint density at radius 3 is 2.78 bits per heavy atom. The van der Waals surface area contributed by atoms with E-state index in [-0.39, 0.29) is 11.5 Å². The zero-order valence-corrected chi connectivity index (χ0v) is 9.58. The Morgan fingerprint density at radius 1 is 1.39 bits per heavy atom. The Labute approximate surface area is 102 Å². The molecule has 18 heavy (non-hydrogen) atoms. The SMILES string of the molecule is Cc1cc(F)cc2[nH]c(C(=O)NCC(=O)O)cc12. The van der Waals surface area contributed by atoms with Crippen molar-refractivity contribution >= 4 is 22.8 Å². The highest BCUT2D eigenvalue weighted by molar-refractivity contribution is 5.99. The van der Waals surface area contributed by atoms with Gasteiger partial charge in [0.1, 0.15) is 18.1 Å². The van der Waals surface area contributed by atoms with Crippen molar-refractivity contribution in [3.63, 3.8) is 0 Å². The molecule has 1 aromatic carbocycles. The molecule has 5 nitrogen and oxygen atoms in total. The van der Waals surface area contributed by atoms with Crippen LogP contribution in [-0.2, 0) is 4.79 Å². The number of carbonyl (C=O) groups excluding carboxylic acids is 1. The van der Waals surface area contributed by atoms with Gasteiger partial charge in [-0.25, -0.2) is 4.39 Å². The summed E-state index contributed by atoms with van der Waals surface area (Å²) in [4.78, 5) is 24.7. The number of carboxylic acids is 1. The number of carboxylic acid groups (broad SMARTS) is 1. The number of aliphatic carboxylic acids is 1. The van der Waals surface area contributed by atoms with Crippen LogP contribution in [0.4, 0.5) is 4.39 Å². The first kappa shape index (κ1) is 12.1. The molecule has 3 N–H and O–H groups in total. The van der Waals surface area contributed by atoms with E-state index in [0.29, 0.717) is 11.1 Å². The number of hydrogen-bond acceptors (Lipinski definition) is 2. The van der Waals surface area contributed by atoms with Gasteiger partial charge in [-0.3, -0.25) is 9.59 Å². The third kappa shape index (κ3) is 2.32. The molecule has 0 aliphatic rings. The predicted octanol–water partition coefficient (Wildman–Crippen LogP) is 1.43. The Morgan fingerprint density at radius 2 is 2.11 bits per heavy atom. The van der Waals surface area contributed by atoms with Crippen molar-refractivity contribution in [2.75, 3.05) is 6.54 Å². The minimum absolute atomic E-state index is 0.208. The van der Waals surface area contributed by atoms with Crippen molar-refractivity contribution in [2.24, 2.45) is 0 Å². The third-order valence-electron chi connectivity index (χ3n) is 2.55. The second-order valence-corrected chi connectivity index (χ2v) is 3.94. The number of H-pyrrole nitrogens is 1. The van der Waals surface area contributed by atoms with Gasteiger partial charge in [0.05, 0.1) is 0 Å². The lowest BCUT2D eigenvalue weighted by atomic mass is 10.1. The van der Waals surface area contributed by atoms with Crippen molar-refractivity contribution in [3.05, 3.63) is 35.3 Å². The van der Waals surface area contributed by atoms with Crippen LogP contribution in [0.25, 0.3) is 10.9 Å². The molecule has 2 aromatic rings. The number of benzene rings is 1. The molecule has 6 heteroatoms. The quantitative estimate of drug-likeness (QED) is 0.770. The molecule has 0 fully saturated rings. The first-order valence-corrected chi connectivity index (χ1v) is 5.26.